The molecule has 1 amide bonds. The van der Waals surface area contributed by atoms with Crippen molar-refractivity contribution < 1.29 is 14.3 Å². The molecule has 6 heteroatoms. The first kappa shape index (κ1) is 11.7. The summed E-state index contributed by atoms with van der Waals surface area (Å²) in [6, 6.07) is 8.87. The van der Waals surface area contributed by atoms with Crippen LogP contribution in [0.5, 0.6) is 11.5 Å². The average molecular weight is 245 g/mol. The molecule has 1 aromatic carbocycles. The summed E-state index contributed by atoms with van der Waals surface area (Å²) in [6.07, 6.45) is 4.66. The lowest BCUT2D eigenvalue weighted by Gasteiger charge is -2.15. The SMILES string of the molecule is NC(=O)C1=COc2ccccc2O1.c1cn[nH]c1. The van der Waals surface area contributed by atoms with Crippen LogP contribution in [0.2, 0.25) is 0 Å². The van der Waals surface area contributed by atoms with Crippen LogP contribution >= 0.6 is 0 Å². The summed E-state index contributed by atoms with van der Waals surface area (Å²) in [7, 11) is 0. The highest BCUT2D eigenvalue weighted by molar-refractivity contribution is 5.90. The largest absolute Gasteiger partial charge is 0.457 e. The fourth-order valence-corrected chi connectivity index (χ4v) is 1.21. The monoisotopic (exact) mass is 245 g/mol. The van der Waals surface area contributed by atoms with Crippen LogP contribution in [0.3, 0.4) is 0 Å². The van der Waals surface area contributed by atoms with Crippen molar-refractivity contribution >= 4 is 5.91 Å². The van der Waals surface area contributed by atoms with Gasteiger partial charge in [0.25, 0.3) is 5.91 Å². The predicted octanol–water partition coefficient (Wildman–Crippen LogP) is 1.19. The minimum atomic E-state index is -0.644. The molecule has 0 saturated carbocycles. The molecule has 1 aliphatic heterocycles. The van der Waals surface area contributed by atoms with Gasteiger partial charge in [-0.3, -0.25) is 9.89 Å². The van der Waals surface area contributed by atoms with Gasteiger partial charge >= 0.3 is 0 Å². The van der Waals surface area contributed by atoms with E-state index in [0.29, 0.717) is 11.5 Å². The van der Waals surface area contributed by atoms with E-state index >= 15 is 0 Å². The van der Waals surface area contributed by atoms with Gasteiger partial charge in [-0.25, -0.2) is 0 Å². The number of nitrogens with zero attached hydrogens (tertiary/aromatic N) is 1. The summed E-state index contributed by atoms with van der Waals surface area (Å²) >= 11 is 0. The van der Waals surface area contributed by atoms with Crippen LogP contribution in [0.1, 0.15) is 0 Å². The van der Waals surface area contributed by atoms with Crippen LogP contribution in [0.25, 0.3) is 0 Å². The fourth-order valence-electron chi connectivity index (χ4n) is 1.21. The summed E-state index contributed by atoms with van der Waals surface area (Å²) in [6.45, 7) is 0. The number of H-pyrrole nitrogens is 1. The van der Waals surface area contributed by atoms with E-state index in [0.717, 1.165) is 0 Å². The maximum Gasteiger partial charge on any atom is 0.287 e. The Hall–Kier alpha value is -2.76. The van der Waals surface area contributed by atoms with E-state index in [1.807, 2.05) is 12.1 Å². The van der Waals surface area contributed by atoms with Crippen molar-refractivity contribution in [2.24, 2.45) is 5.73 Å². The van der Waals surface area contributed by atoms with E-state index in [4.69, 9.17) is 15.2 Å². The van der Waals surface area contributed by atoms with E-state index in [9.17, 15) is 4.79 Å². The molecule has 0 aliphatic carbocycles. The number of carbonyl (C=O) groups is 1. The van der Waals surface area contributed by atoms with Crippen molar-refractivity contribution in [1.29, 1.82) is 0 Å². The molecule has 0 radical (unpaired) electrons. The molecule has 1 aromatic heterocycles. The van der Waals surface area contributed by atoms with Crippen molar-refractivity contribution in [1.82, 2.24) is 10.2 Å². The van der Waals surface area contributed by atoms with Gasteiger partial charge in [0.2, 0.25) is 5.76 Å². The van der Waals surface area contributed by atoms with E-state index < -0.39 is 5.91 Å². The topological polar surface area (TPSA) is 90.2 Å². The minimum Gasteiger partial charge on any atom is -0.457 e. The zero-order valence-corrected chi connectivity index (χ0v) is 9.37. The molecule has 0 spiro atoms. The first-order valence-corrected chi connectivity index (χ1v) is 5.14. The van der Waals surface area contributed by atoms with Crippen molar-refractivity contribution in [3.63, 3.8) is 0 Å². The lowest BCUT2D eigenvalue weighted by Crippen LogP contribution is -2.21. The number of aromatic nitrogens is 2. The highest BCUT2D eigenvalue weighted by Gasteiger charge is 2.16. The zero-order chi connectivity index (χ0) is 12.8. The second-order valence-electron chi connectivity index (χ2n) is 3.28. The number of hydrogen-bond donors (Lipinski definition) is 2. The van der Waals surface area contributed by atoms with Crippen molar-refractivity contribution in [3.05, 3.63) is 54.7 Å². The first-order valence-electron chi connectivity index (χ1n) is 5.14. The Balaban J connectivity index is 0.000000202. The summed E-state index contributed by atoms with van der Waals surface area (Å²) in [5, 5.41) is 6.21. The third kappa shape index (κ3) is 2.88. The Kier molecular flexibility index (Phi) is 3.60. The summed E-state index contributed by atoms with van der Waals surface area (Å²) in [5.41, 5.74) is 5.01. The van der Waals surface area contributed by atoms with Gasteiger partial charge in [0.15, 0.2) is 11.5 Å². The number of nitrogens with two attached hydrogens (primary N) is 1. The Labute approximate surface area is 103 Å². The smallest absolute Gasteiger partial charge is 0.287 e. The van der Waals surface area contributed by atoms with E-state index in [2.05, 4.69) is 10.2 Å². The van der Waals surface area contributed by atoms with Crippen molar-refractivity contribution in [2.75, 3.05) is 0 Å². The Bertz CT molecular complexity index is 532. The molecule has 1 aliphatic rings. The first-order chi connectivity index (χ1) is 8.77. The number of ether oxygens (including phenoxy) is 2. The van der Waals surface area contributed by atoms with Gasteiger partial charge in [0, 0.05) is 12.4 Å². The van der Waals surface area contributed by atoms with Gasteiger partial charge in [0.1, 0.15) is 6.26 Å². The number of primary amides is 1. The average Bonchev–Trinajstić information content (AvgIpc) is 2.97. The summed E-state index contributed by atoms with van der Waals surface area (Å²) < 4.78 is 10.3. The maximum absolute atomic E-state index is 10.7. The van der Waals surface area contributed by atoms with Crippen LogP contribution in [-0.4, -0.2) is 16.1 Å². The predicted molar refractivity (Wildman–Crippen MR) is 63.6 cm³/mol. The second kappa shape index (κ2) is 5.53. The van der Waals surface area contributed by atoms with Gasteiger partial charge in [-0.15, -0.1) is 0 Å². The normalized spacial score (nSPS) is 11.9. The van der Waals surface area contributed by atoms with Gasteiger partial charge < -0.3 is 15.2 Å². The maximum atomic E-state index is 10.7. The Morgan fingerprint density at radius 1 is 1.22 bits per heavy atom. The van der Waals surface area contributed by atoms with Gasteiger partial charge in [-0.05, 0) is 18.2 Å². The fraction of sp³-hybridized carbons (Fsp3) is 0. The van der Waals surface area contributed by atoms with E-state index in [-0.39, 0.29) is 5.76 Å². The number of aromatic amines is 1. The van der Waals surface area contributed by atoms with Crippen molar-refractivity contribution in [3.8, 4) is 11.5 Å². The Morgan fingerprint density at radius 2 is 2.00 bits per heavy atom. The summed E-state index contributed by atoms with van der Waals surface area (Å²) in [5.74, 6) is 0.444. The van der Waals surface area contributed by atoms with E-state index in [1.165, 1.54) is 6.26 Å². The molecular weight excluding hydrogens is 234 g/mol. The molecule has 2 heterocycles. The van der Waals surface area contributed by atoms with E-state index in [1.54, 1.807) is 30.6 Å². The zero-order valence-electron chi connectivity index (χ0n) is 9.37. The molecule has 3 N–H and O–H groups in total. The molecule has 6 nitrogen and oxygen atoms in total. The van der Waals surface area contributed by atoms with Crippen molar-refractivity contribution in [2.45, 2.75) is 0 Å². The standard InChI is InChI=1S/C9H7NO3.C3H4N2/c10-9(11)8-5-12-6-3-1-2-4-7(6)13-8;1-2-4-5-3-1/h1-5H,(H2,10,11);1-3H,(H,4,5). The number of nitrogens with one attached hydrogen (secondary N) is 1. The quantitative estimate of drug-likeness (QED) is 0.789. The highest BCUT2D eigenvalue weighted by Crippen LogP contribution is 2.31. The molecule has 0 unspecified atom stereocenters. The Morgan fingerprint density at radius 3 is 2.56 bits per heavy atom. The molecule has 0 atom stereocenters. The number of fused-ring (bicyclic) bond motifs is 1. The molecule has 2 aromatic rings. The van der Waals surface area contributed by atoms with Gasteiger partial charge in [0.05, 0.1) is 0 Å². The third-order valence-corrected chi connectivity index (χ3v) is 2.01. The van der Waals surface area contributed by atoms with Crippen LogP contribution in [0.4, 0.5) is 0 Å². The van der Waals surface area contributed by atoms with Gasteiger partial charge in [-0.1, -0.05) is 12.1 Å². The number of amides is 1. The molecule has 0 fully saturated rings. The lowest BCUT2D eigenvalue weighted by atomic mass is 10.3. The van der Waals surface area contributed by atoms with Crippen LogP contribution in [0, 0.1) is 0 Å². The number of benzene rings is 1. The number of hydrogen-bond acceptors (Lipinski definition) is 4. The number of rotatable bonds is 1. The number of para-hydroxylation sites is 2. The third-order valence-electron chi connectivity index (χ3n) is 2.01. The molecule has 18 heavy (non-hydrogen) atoms. The van der Waals surface area contributed by atoms with Gasteiger partial charge in [-0.2, -0.15) is 5.10 Å². The lowest BCUT2D eigenvalue weighted by molar-refractivity contribution is -0.116. The summed E-state index contributed by atoms with van der Waals surface area (Å²) in [4.78, 5) is 10.7. The molecule has 0 bridgehead atoms. The molecule has 3 rings (SSSR count). The molecule has 92 valence electrons. The van der Waals surface area contributed by atoms with Crippen LogP contribution < -0.4 is 15.2 Å². The molecular formula is C12H11N3O3. The second-order valence-corrected chi connectivity index (χ2v) is 3.28. The highest BCUT2D eigenvalue weighted by atomic mass is 16.6. The van der Waals surface area contributed by atoms with Crippen LogP contribution in [-0.2, 0) is 4.79 Å². The minimum absolute atomic E-state index is 0.0127. The number of carbonyl (C=O) groups excluding carboxylic acids is 1. The molecule has 0 saturated heterocycles. The van der Waals surface area contributed by atoms with Crippen LogP contribution in [0.15, 0.2) is 54.7 Å².